The lowest BCUT2D eigenvalue weighted by atomic mass is 10.0. The molecule has 1 atom stereocenters. The molecule has 7 heteroatoms. The number of nitrogens with zero attached hydrogens (tertiary/aromatic N) is 1. The van der Waals surface area contributed by atoms with Crippen LogP contribution in [0.2, 0.25) is 0 Å². The standard InChI is InChI=1S/C24H22FNO5/c1-30-22(24(27)28)14-16-2-4-17(5-3-16)15-31-21-12-8-19(9-13-21)23(26-29)18-6-10-20(25)11-7-18/h2-13,22,29H,14-15H2,1H3,(H,27,28)/b26-23-/t22-/m0/s1. The maximum Gasteiger partial charge on any atom is 0.333 e. The highest BCUT2D eigenvalue weighted by Gasteiger charge is 2.16. The molecular weight excluding hydrogens is 401 g/mol. The SMILES string of the molecule is CO[C@@H](Cc1ccc(COc2ccc(/C(=N\O)c3ccc(F)cc3)cc2)cc1)C(=O)O. The van der Waals surface area contributed by atoms with Gasteiger partial charge in [0.05, 0.1) is 0 Å². The predicted octanol–water partition coefficient (Wildman–Crippen LogP) is 4.27. The van der Waals surface area contributed by atoms with Gasteiger partial charge in [0, 0.05) is 24.7 Å². The molecule has 0 unspecified atom stereocenters. The van der Waals surface area contributed by atoms with Crippen LogP contribution in [0, 0.1) is 5.82 Å². The highest BCUT2D eigenvalue weighted by atomic mass is 19.1. The van der Waals surface area contributed by atoms with E-state index in [4.69, 9.17) is 14.6 Å². The van der Waals surface area contributed by atoms with Crippen LogP contribution in [0.15, 0.2) is 78.0 Å². The average molecular weight is 423 g/mol. The monoisotopic (exact) mass is 423 g/mol. The van der Waals surface area contributed by atoms with Gasteiger partial charge in [0.2, 0.25) is 0 Å². The highest BCUT2D eigenvalue weighted by molar-refractivity contribution is 6.12. The van der Waals surface area contributed by atoms with E-state index in [1.807, 2.05) is 24.3 Å². The van der Waals surface area contributed by atoms with Crippen LogP contribution in [-0.4, -0.2) is 35.2 Å². The van der Waals surface area contributed by atoms with E-state index in [2.05, 4.69) is 5.16 Å². The first kappa shape index (κ1) is 22.0. The number of carboxylic acids is 1. The smallest absolute Gasteiger partial charge is 0.333 e. The molecular formula is C24H22FNO5. The van der Waals surface area contributed by atoms with E-state index in [0.717, 1.165) is 11.1 Å². The molecule has 0 fully saturated rings. The summed E-state index contributed by atoms with van der Waals surface area (Å²) in [7, 11) is 1.38. The molecule has 3 rings (SSSR count). The zero-order valence-electron chi connectivity index (χ0n) is 16.9. The van der Waals surface area contributed by atoms with Crippen molar-refractivity contribution in [2.45, 2.75) is 19.1 Å². The van der Waals surface area contributed by atoms with Gasteiger partial charge in [-0.3, -0.25) is 0 Å². The summed E-state index contributed by atoms with van der Waals surface area (Å²) in [6, 6.07) is 20.2. The number of carboxylic acid groups (broad SMARTS) is 1. The second-order valence-electron chi connectivity index (χ2n) is 6.85. The Hall–Kier alpha value is -3.71. The lowest BCUT2D eigenvalue weighted by molar-refractivity contribution is -0.148. The van der Waals surface area contributed by atoms with Gasteiger partial charge in [-0.05, 0) is 59.7 Å². The molecule has 160 valence electrons. The van der Waals surface area contributed by atoms with Crippen molar-refractivity contribution in [2.24, 2.45) is 5.16 Å². The Labute approximate surface area is 179 Å². The predicted molar refractivity (Wildman–Crippen MR) is 113 cm³/mol. The second-order valence-corrected chi connectivity index (χ2v) is 6.85. The average Bonchev–Trinajstić information content (AvgIpc) is 2.79. The summed E-state index contributed by atoms with van der Waals surface area (Å²) in [4.78, 5) is 11.1. The zero-order chi connectivity index (χ0) is 22.2. The Bertz CT molecular complexity index is 1030. The lowest BCUT2D eigenvalue weighted by Crippen LogP contribution is -2.24. The maximum atomic E-state index is 13.1. The van der Waals surface area contributed by atoms with Gasteiger partial charge in [-0.25, -0.2) is 9.18 Å². The van der Waals surface area contributed by atoms with Gasteiger partial charge >= 0.3 is 5.97 Å². The van der Waals surface area contributed by atoms with Gasteiger partial charge in [-0.1, -0.05) is 29.4 Å². The number of ether oxygens (including phenoxy) is 2. The second kappa shape index (κ2) is 10.4. The third kappa shape index (κ3) is 5.90. The summed E-state index contributed by atoms with van der Waals surface area (Å²) in [5, 5.41) is 21.8. The molecule has 0 spiro atoms. The number of halogens is 1. The molecule has 3 aromatic rings. The fourth-order valence-corrected chi connectivity index (χ4v) is 3.02. The van der Waals surface area contributed by atoms with Crippen molar-refractivity contribution >= 4 is 11.7 Å². The molecule has 6 nitrogen and oxygen atoms in total. The number of hydrogen-bond acceptors (Lipinski definition) is 5. The Morgan fingerprint density at radius 3 is 2.00 bits per heavy atom. The van der Waals surface area contributed by atoms with E-state index in [1.54, 1.807) is 36.4 Å². The molecule has 3 aromatic carbocycles. The van der Waals surface area contributed by atoms with Gasteiger partial charge in [0.15, 0.2) is 6.10 Å². The molecule has 0 radical (unpaired) electrons. The number of hydrogen-bond donors (Lipinski definition) is 2. The molecule has 2 N–H and O–H groups in total. The Morgan fingerprint density at radius 1 is 0.935 bits per heavy atom. The third-order valence-corrected chi connectivity index (χ3v) is 4.75. The minimum absolute atomic E-state index is 0.289. The molecule has 0 aliphatic rings. The molecule has 0 saturated heterocycles. The van der Waals surface area contributed by atoms with E-state index in [9.17, 15) is 14.4 Å². The normalized spacial score (nSPS) is 12.4. The summed E-state index contributed by atoms with van der Waals surface area (Å²) in [5.41, 5.74) is 3.38. The summed E-state index contributed by atoms with van der Waals surface area (Å²) < 4.78 is 23.9. The molecule has 0 aromatic heterocycles. The minimum Gasteiger partial charge on any atom is -0.489 e. The molecule has 31 heavy (non-hydrogen) atoms. The number of aliphatic carboxylic acids is 1. The van der Waals surface area contributed by atoms with Crippen molar-refractivity contribution in [3.63, 3.8) is 0 Å². The van der Waals surface area contributed by atoms with Crippen LogP contribution in [0.1, 0.15) is 22.3 Å². The van der Waals surface area contributed by atoms with Crippen LogP contribution in [0.4, 0.5) is 4.39 Å². The lowest BCUT2D eigenvalue weighted by Gasteiger charge is -2.11. The molecule has 0 saturated carbocycles. The molecule has 0 heterocycles. The van der Waals surface area contributed by atoms with E-state index < -0.39 is 12.1 Å². The molecule has 0 aliphatic carbocycles. The summed E-state index contributed by atoms with van der Waals surface area (Å²) >= 11 is 0. The van der Waals surface area contributed by atoms with Gasteiger partial charge < -0.3 is 19.8 Å². The van der Waals surface area contributed by atoms with Crippen molar-refractivity contribution in [3.8, 4) is 5.75 Å². The number of rotatable bonds is 9. The molecule has 0 aliphatic heterocycles. The van der Waals surface area contributed by atoms with Gasteiger partial charge in [0.1, 0.15) is 23.9 Å². The van der Waals surface area contributed by atoms with Crippen LogP contribution in [0.25, 0.3) is 0 Å². The summed E-state index contributed by atoms with van der Waals surface area (Å²) in [5.74, 6) is -0.722. The zero-order valence-corrected chi connectivity index (χ0v) is 16.9. The fourth-order valence-electron chi connectivity index (χ4n) is 3.02. The van der Waals surface area contributed by atoms with E-state index in [1.165, 1.54) is 19.2 Å². The third-order valence-electron chi connectivity index (χ3n) is 4.75. The Morgan fingerprint density at radius 2 is 1.48 bits per heavy atom. The first-order valence-corrected chi connectivity index (χ1v) is 9.55. The van der Waals surface area contributed by atoms with Gasteiger partial charge in [0.25, 0.3) is 0 Å². The Kier molecular flexibility index (Phi) is 7.35. The van der Waals surface area contributed by atoms with Crippen molar-refractivity contribution in [2.75, 3.05) is 7.11 Å². The van der Waals surface area contributed by atoms with Crippen molar-refractivity contribution in [1.29, 1.82) is 0 Å². The first-order valence-electron chi connectivity index (χ1n) is 9.55. The summed E-state index contributed by atoms with van der Waals surface area (Å²) in [6.45, 7) is 0.338. The van der Waals surface area contributed by atoms with E-state index in [0.29, 0.717) is 29.2 Å². The fraction of sp³-hybridized carbons (Fsp3) is 0.167. The van der Waals surface area contributed by atoms with Crippen molar-refractivity contribution < 1.29 is 29.0 Å². The molecule has 0 amide bonds. The minimum atomic E-state index is -0.993. The van der Waals surface area contributed by atoms with Crippen LogP contribution in [0.3, 0.4) is 0 Å². The quantitative estimate of drug-likeness (QED) is 0.305. The number of methoxy groups -OCH3 is 1. The topological polar surface area (TPSA) is 88.4 Å². The number of benzene rings is 3. The van der Waals surface area contributed by atoms with Crippen molar-refractivity contribution in [1.82, 2.24) is 0 Å². The number of carbonyl (C=O) groups is 1. The van der Waals surface area contributed by atoms with Crippen LogP contribution in [0.5, 0.6) is 5.75 Å². The highest BCUT2D eigenvalue weighted by Crippen LogP contribution is 2.18. The van der Waals surface area contributed by atoms with Crippen LogP contribution < -0.4 is 4.74 Å². The van der Waals surface area contributed by atoms with Gasteiger partial charge in [-0.2, -0.15) is 0 Å². The van der Waals surface area contributed by atoms with Gasteiger partial charge in [-0.15, -0.1) is 0 Å². The Balaban J connectivity index is 1.60. The number of oxime groups is 1. The van der Waals surface area contributed by atoms with E-state index in [-0.39, 0.29) is 12.2 Å². The van der Waals surface area contributed by atoms with E-state index >= 15 is 0 Å². The van der Waals surface area contributed by atoms with Crippen LogP contribution >= 0.6 is 0 Å². The first-order chi connectivity index (χ1) is 15.0. The summed E-state index contributed by atoms with van der Waals surface area (Å²) in [6.07, 6.45) is -0.583. The van der Waals surface area contributed by atoms with Crippen LogP contribution in [-0.2, 0) is 22.6 Å². The maximum absolute atomic E-state index is 13.1. The largest absolute Gasteiger partial charge is 0.489 e. The van der Waals surface area contributed by atoms with Crippen molar-refractivity contribution in [3.05, 3.63) is 101 Å². The molecule has 0 bridgehead atoms.